The number of aromatic hydroxyl groups is 1. The number of rotatable bonds is 3. The van der Waals surface area contributed by atoms with Crippen LogP contribution in [0.25, 0.3) is 0 Å². The average Bonchev–Trinajstić information content (AvgIpc) is 3.21. The number of halogens is 2. The minimum atomic E-state index is -1.01. The van der Waals surface area contributed by atoms with E-state index in [4.69, 9.17) is 4.74 Å². The largest absolute Gasteiger partial charge is 0.503 e. The third-order valence-corrected chi connectivity index (χ3v) is 5.59. The van der Waals surface area contributed by atoms with Crippen molar-refractivity contribution in [3.05, 3.63) is 62.6 Å². The molecular formula is C20H19F2N3O5. The number of carbonyl (C=O) groups is 2. The monoisotopic (exact) mass is 419 g/mol. The zero-order valence-electron chi connectivity index (χ0n) is 16.2. The lowest BCUT2D eigenvalue weighted by atomic mass is 10.1. The molecule has 1 aromatic carbocycles. The Hall–Kier alpha value is -3.27. The van der Waals surface area contributed by atoms with Gasteiger partial charge in [-0.2, -0.15) is 0 Å². The molecule has 1 aromatic heterocycles. The topological polar surface area (TPSA) is 101 Å². The van der Waals surface area contributed by atoms with E-state index in [-0.39, 0.29) is 29.4 Å². The van der Waals surface area contributed by atoms with Crippen molar-refractivity contribution in [2.75, 3.05) is 13.7 Å². The van der Waals surface area contributed by atoms with Crippen LogP contribution in [-0.4, -0.2) is 46.3 Å². The standard InChI is InChI=1S/C20H19F2N3O5/c1-9-12(21)4-3-10(14(9)22)7-23-18(28)11-8-25-13-5-6-30-20(13)24(2)19(29)15(25)17(27)16(11)26/h3-4,8,13,20,27H,5-7H2,1-2H3,(H,23,28)/t13-,20+/m0/s1. The molecule has 0 saturated carbocycles. The molecule has 2 aliphatic heterocycles. The zero-order chi connectivity index (χ0) is 21.7. The Kier molecular flexibility index (Phi) is 4.81. The van der Waals surface area contributed by atoms with E-state index in [0.29, 0.717) is 13.0 Å². The SMILES string of the molecule is Cc1c(F)ccc(CNC(=O)c2cn3c(c(O)c2=O)C(=O)N(C)[C@@H]2OCC[C@@H]23)c1F. The van der Waals surface area contributed by atoms with Gasteiger partial charge in [0.05, 0.1) is 12.6 Å². The van der Waals surface area contributed by atoms with Crippen molar-refractivity contribution < 1.29 is 28.2 Å². The molecule has 2 aliphatic rings. The van der Waals surface area contributed by atoms with Gasteiger partial charge in [0.1, 0.15) is 17.2 Å². The number of hydrogen-bond donors (Lipinski definition) is 2. The number of hydrogen-bond acceptors (Lipinski definition) is 5. The van der Waals surface area contributed by atoms with Crippen LogP contribution in [0.4, 0.5) is 8.78 Å². The van der Waals surface area contributed by atoms with Crippen LogP contribution in [-0.2, 0) is 11.3 Å². The van der Waals surface area contributed by atoms with Crippen molar-refractivity contribution in [1.29, 1.82) is 0 Å². The molecule has 2 amide bonds. The molecule has 3 heterocycles. The summed E-state index contributed by atoms with van der Waals surface area (Å²) in [6.45, 7) is 1.37. The average molecular weight is 419 g/mol. The second-order valence-electron chi connectivity index (χ2n) is 7.34. The number of carbonyl (C=O) groups excluding carboxylic acids is 2. The van der Waals surface area contributed by atoms with Crippen LogP contribution in [0.5, 0.6) is 5.75 Å². The fraction of sp³-hybridized carbons (Fsp3) is 0.350. The molecule has 2 aromatic rings. The van der Waals surface area contributed by atoms with E-state index < -0.39 is 46.4 Å². The van der Waals surface area contributed by atoms with E-state index in [0.717, 1.165) is 6.07 Å². The fourth-order valence-corrected chi connectivity index (χ4v) is 3.87. The Balaban J connectivity index is 1.67. The van der Waals surface area contributed by atoms with Gasteiger partial charge >= 0.3 is 0 Å². The molecule has 0 radical (unpaired) electrons. The van der Waals surface area contributed by atoms with Crippen molar-refractivity contribution in [2.24, 2.45) is 0 Å². The highest BCUT2D eigenvalue weighted by Gasteiger charge is 2.43. The van der Waals surface area contributed by atoms with Crippen LogP contribution in [0.2, 0.25) is 0 Å². The molecular weight excluding hydrogens is 400 g/mol. The summed E-state index contributed by atoms with van der Waals surface area (Å²) in [5.41, 5.74) is -1.73. The number of pyridine rings is 1. The van der Waals surface area contributed by atoms with Gasteiger partial charge in [-0.1, -0.05) is 6.07 Å². The lowest BCUT2D eigenvalue weighted by Gasteiger charge is -2.36. The third kappa shape index (κ3) is 2.95. The number of nitrogens with one attached hydrogen (secondary N) is 1. The quantitative estimate of drug-likeness (QED) is 0.784. The highest BCUT2D eigenvalue weighted by Crippen LogP contribution is 2.36. The summed E-state index contributed by atoms with van der Waals surface area (Å²) in [7, 11) is 1.51. The van der Waals surface area contributed by atoms with Crippen LogP contribution in [0.15, 0.2) is 23.1 Å². The van der Waals surface area contributed by atoms with Gasteiger partial charge in [0.25, 0.3) is 11.8 Å². The molecule has 0 unspecified atom stereocenters. The van der Waals surface area contributed by atoms with Crippen LogP contribution in [0.3, 0.4) is 0 Å². The normalized spacial score (nSPS) is 20.1. The molecule has 2 atom stereocenters. The van der Waals surface area contributed by atoms with E-state index in [1.165, 1.54) is 35.7 Å². The number of fused-ring (bicyclic) bond motifs is 3. The van der Waals surface area contributed by atoms with Crippen molar-refractivity contribution in [3.8, 4) is 5.75 Å². The molecule has 8 nitrogen and oxygen atoms in total. The van der Waals surface area contributed by atoms with E-state index in [1.807, 2.05) is 0 Å². The van der Waals surface area contributed by atoms with Crippen molar-refractivity contribution in [3.63, 3.8) is 0 Å². The predicted octanol–water partition coefficient (Wildman–Crippen LogP) is 1.44. The first-order valence-corrected chi connectivity index (χ1v) is 9.31. The van der Waals surface area contributed by atoms with Gasteiger partial charge in [0, 0.05) is 30.9 Å². The number of benzene rings is 1. The predicted molar refractivity (Wildman–Crippen MR) is 100 cm³/mol. The maximum atomic E-state index is 14.2. The lowest BCUT2D eigenvalue weighted by molar-refractivity contribution is -0.0238. The van der Waals surface area contributed by atoms with E-state index in [1.54, 1.807) is 0 Å². The molecule has 0 aliphatic carbocycles. The number of aromatic nitrogens is 1. The van der Waals surface area contributed by atoms with Crippen molar-refractivity contribution >= 4 is 11.8 Å². The van der Waals surface area contributed by atoms with E-state index in [2.05, 4.69) is 5.32 Å². The highest BCUT2D eigenvalue weighted by atomic mass is 19.1. The molecule has 10 heteroatoms. The summed E-state index contributed by atoms with van der Waals surface area (Å²) in [5, 5.41) is 12.8. The highest BCUT2D eigenvalue weighted by molar-refractivity contribution is 5.99. The number of ether oxygens (including phenoxy) is 1. The van der Waals surface area contributed by atoms with Gasteiger partial charge in [-0.05, 0) is 19.4 Å². The van der Waals surface area contributed by atoms with Gasteiger partial charge in [-0.3, -0.25) is 14.4 Å². The Labute approximate surface area is 169 Å². The van der Waals surface area contributed by atoms with E-state index >= 15 is 0 Å². The van der Waals surface area contributed by atoms with Gasteiger partial charge in [0.2, 0.25) is 5.43 Å². The van der Waals surface area contributed by atoms with Gasteiger partial charge in [0.15, 0.2) is 17.7 Å². The molecule has 0 spiro atoms. The van der Waals surface area contributed by atoms with Gasteiger partial charge in [-0.25, -0.2) is 8.78 Å². The molecule has 1 saturated heterocycles. The Bertz CT molecular complexity index is 1130. The fourth-order valence-electron chi connectivity index (χ4n) is 3.87. The zero-order valence-corrected chi connectivity index (χ0v) is 16.2. The number of nitrogens with zero attached hydrogens (tertiary/aromatic N) is 2. The summed E-state index contributed by atoms with van der Waals surface area (Å²) in [6.07, 6.45) is 1.17. The summed E-state index contributed by atoms with van der Waals surface area (Å²) in [4.78, 5) is 39.1. The second kappa shape index (κ2) is 7.21. The van der Waals surface area contributed by atoms with Gasteiger partial charge < -0.3 is 24.6 Å². The smallest absolute Gasteiger partial charge is 0.276 e. The lowest BCUT2D eigenvalue weighted by Crippen LogP contribution is -2.48. The molecule has 30 heavy (non-hydrogen) atoms. The van der Waals surface area contributed by atoms with Crippen molar-refractivity contribution in [2.45, 2.75) is 32.2 Å². The molecule has 0 bridgehead atoms. The maximum absolute atomic E-state index is 14.2. The summed E-state index contributed by atoms with van der Waals surface area (Å²) in [5.74, 6) is -3.77. The first-order valence-electron chi connectivity index (χ1n) is 9.31. The Morgan fingerprint density at radius 2 is 2.07 bits per heavy atom. The summed E-state index contributed by atoms with van der Waals surface area (Å²) >= 11 is 0. The van der Waals surface area contributed by atoms with Crippen LogP contribution >= 0.6 is 0 Å². The minimum absolute atomic E-state index is 0.0468. The Morgan fingerprint density at radius 3 is 2.80 bits per heavy atom. The van der Waals surface area contributed by atoms with Crippen LogP contribution in [0.1, 0.15) is 44.4 Å². The minimum Gasteiger partial charge on any atom is -0.503 e. The van der Waals surface area contributed by atoms with E-state index in [9.17, 15) is 28.3 Å². The maximum Gasteiger partial charge on any atom is 0.276 e. The second-order valence-corrected chi connectivity index (χ2v) is 7.34. The Morgan fingerprint density at radius 1 is 1.33 bits per heavy atom. The van der Waals surface area contributed by atoms with Crippen molar-refractivity contribution in [1.82, 2.24) is 14.8 Å². The summed E-state index contributed by atoms with van der Waals surface area (Å²) < 4.78 is 34.5. The molecule has 158 valence electrons. The summed E-state index contributed by atoms with van der Waals surface area (Å²) in [6, 6.07) is 1.92. The molecule has 1 fully saturated rings. The number of likely N-dealkylation sites (N-methyl/N-ethyl adjacent to an activating group) is 1. The van der Waals surface area contributed by atoms with Gasteiger partial charge in [-0.15, -0.1) is 0 Å². The molecule has 2 N–H and O–H groups in total. The molecule has 4 rings (SSSR count). The van der Waals surface area contributed by atoms with Crippen LogP contribution in [0, 0.1) is 18.6 Å². The third-order valence-electron chi connectivity index (χ3n) is 5.59. The first kappa shape index (κ1) is 20.0. The first-order chi connectivity index (χ1) is 14.2. The number of amides is 2. The van der Waals surface area contributed by atoms with Crippen LogP contribution < -0.4 is 10.7 Å².